The van der Waals surface area contributed by atoms with Crippen molar-refractivity contribution in [2.45, 2.75) is 59.4 Å². The van der Waals surface area contributed by atoms with Crippen LogP contribution in [0.2, 0.25) is 0 Å². The third-order valence-electron chi connectivity index (χ3n) is 5.26. The van der Waals surface area contributed by atoms with Gasteiger partial charge in [0.1, 0.15) is 0 Å². The van der Waals surface area contributed by atoms with Gasteiger partial charge in [-0.2, -0.15) is 0 Å². The molecule has 3 atom stereocenters. The molecule has 0 saturated heterocycles. The number of aryl methyl sites for hydroxylation is 3. The number of benzene rings is 1. The zero-order chi connectivity index (χ0) is 13.5. The molecule has 1 nitrogen and oxygen atoms in total. The van der Waals surface area contributed by atoms with Gasteiger partial charge in [0.15, 0.2) is 0 Å². The topological polar surface area (TPSA) is 12.0 Å². The Balaban J connectivity index is 2.40. The molecule has 3 unspecified atom stereocenters. The molecule has 0 amide bonds. The molecule has 1 fully saturated rings. The molecular formula is C17H27N. The largest absolute Gasteiger partial charge is 0.316 e. The fourth-order valence-electron chi connectivity index (χ4n) is 3.99. The molecule has 0 aliphatic heterocycles. The third-order valence-corrected chi connectivity index (χ3v) is 5.26. The molecule has 1 aromatic rings. The smallest absolute Gasteiger partial charge is 0.0130 e. The summed E-state index contributed by atoms with van der Waals surface area (Å²) in [6.07, 6.45) is 2.53. The van der Waals surface area contributed by atoms with E-state index in [-0.39, 0.29) is 0 Å². The Kier molecular flexibility index (Phi) is 3.55. The Morgan fingerprint density at radius 3 is 2.22 bits per heavy atom. The molecule has 0 aromatic heterocycles. The fourth-order valence-corrected chi connectivity index (χ4v) is 3.99. The molecule has 1 saturated carbocycles. The normalized spacial score (nSPS) is 31.2. The van der Waals surface area contributed by atoms with Crippen LogP contribution >= 0.6 is 0 Å². The lowest BCUT2D eigenvalue weighted by atomic mass is 9.53. The van der Waals surface area contributed by atoms with Gasteiger partial charge < -0.3 is 5.32 Å². The Morgan fingerprint density at radius 2 is 1.78 bits per heavy atom. The van der Waals surface area contributed by atoms with Crippen LogP contribution in [0.3, 0.4) is 0 Å². The molecule has 1 N–H and O–H groups in total. The van der Waals surface area contributed by atoms with Crippen LogP contribution in [0, 0.1) is 26.2 Å². The molecule has 1 aromatic carbocycles. The predicted octanol–water partition coefficient (Wildman–Crippen LogP) is 4.10. The number of nitrogens with one attached hydrogen (secondary N) is 1. The summed E-state index contributed by atoms with van der Waals surface area (Å²) in [5.41, 5.74) is 6.37. The van der Waals surface area contributed by atoms with E-state index in [1.807, 2.05) is 0 Å². The van der Waals surface area contributed by atoms with Crippen LogP contribution in [0.4, 0.5) is 0 Å². The van der Waals surface area contributed by atoms with Gasteiger partial charge >= 0.3 is 0 Å². The molecule has 0 bridgehead atoms. The van der Waals surface area contributed by atoms with Crippen molar-refractivity contribution in [1.82, 2.24) is 5.32 Å². The summed E-state index contributed by atoms with van der Waals surface area (Å²) in [7, 11) is 2.10. The van der Waals surface area contributed by atoms with Gasteiger partial charge in [-0.25, -0.2) is 0 Å². The molecule has 0 spiro atoms. The molecule has 1 aliphatic carbocycles. The molecular weight excluding hydrogens is 218 g/mol. The van der Waals surface area contributed by atoms with E-state index >= 15 is 0 Å². The van der Waals surface area contributed by atoms with Gasteiger partial charge in [-0.15, -0.1) is 0 Å². The van der Waals surface area contributed by atoms with Crippen LogP contribution in [0.25, 0.3) is 0 Å². The summed E-state index contributed by atoms with van der Waals surface area (Å²) in [5, 5.41) is 3.49. The molecule has 1 aliphatic rings. The van der Waals surface area contributed by atoms with Crippen molar-refractivity contribution < 1.29 is 0 Å². The number of rotatable bonds is 3. The zero-order valence-corrected chi connectivity index (χ0v) is 12.7. The average molecular weight is 245 g/mol. The minimum Gasteiger partial charge on any atom is -0.316 e. The molecule has 0 radical (unpaired) electrons. The highest BCUT2D eigenvalue weighted by atomic mass is 14.9. The fraction of sp³-hybridized carbons (Fsp3) is 0.647. The number of hydrogen-bond donors (Lipinski definition) is 1. The highest BCUT2D eigenvalue weighted by molar-refractivity contribution is 5.43. The zero-order valence-electron chi connectivity index (χ0n) is 12.7. The van der Waals surface area contributed by atoms with Crippen LogP contribution in [-0.4, -0.2) is 13.1 Å². The molecule has 2 rings (SSSR count). The summed E-state index contributed by atoms with van der Waals surface area (Å²) in [4.78, 5) is 0. The quantitative estimate of drug-likeness (QED) is 0.845. The van der Waals surface area contributed by atoms with Crippen molar-refractivity contribution in [3.05, 3.63) is 34.4 Å². The van der Waals surface area contributed by atoms with Crippen LogP contribution < -0.4 is 5.32 Å². The summed E-state index contributed by atoms with van der Waals surface area (Å²) in [6, 6.07) is 5.35. The van der Waals surface area contributed by atoms with E-state index in [1.165, 1.54) is 29.5 Å². The highest BCUT2D eigenvalue weighted by Gasteiger charge is 2.50. The summed E-state index contributed by atoms with van der Waals surface area (Å²) >= 11 is 0. The maximum Gasteiger partial charge on any atom is 0.0130 e. The lowest BCUT2D eigenvalue weighted by Gasteiger charge is -2.55. The number of hydrogen-bond acceptors (Lipinski definition) is 1. The molecule has 0 heterocycles. The van der Waals surface area contributed by atoms with Crippen molar-refractivity contribution in [1.29, 1.82) is 0 Å². The van der Waals surface area contributed by atoms with Crippen molar-refractivity contribution in [2.24, 2.45) is 5.41 Å². The van der Waals surface area contributed by atoms with E-state index in [2.05, 4.69) is 59.1 Å². The molecule has 100 valence electrons. The lowest BCUT2D eigenvalue weighted by molar-refractivity contribution is 0.0488. The second-order valence-corrected chi connectivity index (χ2v) is 6.30. The predicted molar refractivity (Wildman–Crippen MR) is 79.3 cm³/mol. The Morgan fingerprint density at radius 1 is 1.22 bits per heavy atom. The van der Waals surface area contributed by atoms with Crippen molar-refractivity contribution in [3.8, 4) is 0 Å². The van der Waals surface area contributed by atoms with Gasteiger partial charge in [-0.3, -0.25) is 0 Å². The van der Waals surface area contributed by atoms with Crippen molar-refractivity contribution in [2.75, 3.05) is 7.05 Å². The summed E-state index contributed by atoms with van der Waals surface area (Å²) < 4.78 is 0. The summed E-state index contributed by atoms with van der Waals surface area (Å²) in [6.45, 7) is 11.5. The Labute approximate surface area is 112 Å². The van der Waals surface area contributed by atoms with E-state index in [4.69, 9.17) is 0 Å². The molecule has 1 heteroatoms. The van der Waals surface area contributed by atoms with Gasteiger partial charge in [0.25, 0.3) is 0 Å². The minimum atomic E-state index is 0.416. The van der Waals surface area contributed by atoms with Gasteiger partial charge in [-0.05, 0) is 68.7 Å². The summed E-state index contributed by atoms with van der Waals surface area (Å²) in [5.74, 6) is 0.723. The van der Waals surface area contributed by atoms with Crippen molar-refractivity contribution >= 4 is 0 Å². The second kappa shape index (κ2) is 4.70. The van der Waals surface area contributed by atoms with Gasteiger partial charge in [0.05, 0.1) is 0 Å². The standard InChI is InChI=1S/C17H27N/c1-7-17(5)14(10-15(17)18-6)16-12(3)8-11(2)9-13(16)4/h8-9,14-15,18H,7,10H2,1-6H3. The first-order chi connectivity index (χ1) is 8.43. The van der Waals surface area contributed by atoms with Gasteiger partial charge in [-0.1, -0.05) is 31.5 Å². The Hall–Kier alpha value is -0.820. The van der Waals surface area contributed by atoms with Crippen LogP contribution in [0.15, 0.2) is 12.1 Å². The van der Waals surface area contributed by atoms with E-state index in [1.54, 1.807) is 5.56 Å². The molecule has 18 heavy (non-hydrogen) atoms. The van der Waals surface area contributed by atoms with E-state index in [0.29, 0.717) is 11.5 Å². The van der Waals surface area contributed by atoms with Crippen LogP contribution in [0.5, 0.6) is 0 Å². The lowest BCUT2D eigenvalue weighted by Crippen LogP contribution is -2.56. The van der Waals surface area contributed by atoms with Crippen molar-refractivity contribution in [3.63, 3.8) is 0 Å². The SMILES string of the molecule is CCC1(C)C(NC)CC1c1c(C)cc(C)cc1C. The maximum atomic E-state index is 3.49. The monoisotopic (exact) mass is 245 g/mol. The maximum absolute atomic E-state index is 3.49. The second-order valence-electron chi connectivity index (χ2n) is 6.30. The van der Waals surface area contributed by atoms with E-state index in [9.17, 15) is 0 Å². The first-order valence-electron chi connectivity index (χ1n) is 7.19. The van der Waals surface area contributed by atoms with Gasteiger partial charge in [0.2, 0.25) is 0 Å². The van der Waals surface area contributed by atoms with E-state index < -0.39 is 0 Å². The highest BCUT2D eigenvalue weighted by Crippen LogP contribution is 2.56. The third kappa shape index (κ3) is 1.89. The minimum absolute atomic E-state index is 0.416. The first kappa shape index (κ1) is 13.6. The van der Waals surface area contributed by atoms with Crippen LogP contribution in [0.1, 0.15) is 54.9 Å². The van der Waals surface area contributed by atoms with E-state index in [0.717, 1.165) is 5.92 Å². The first-order valence-corrected chi connectivity index (χ1v) is 7.19. The average Bonchev–Trinajstić information content (AvgIpc) is 2.30. The van der Waals surface area contributed by atoms with Gasteiger partial charge in [0, 0.05) is 6.04 Å². The Bertz CT molecular complexity index is 426. The van der Waals surface area contributed by atoms with Crippen LogP contribution in [-0.2, 0) is 0 Å².